The van der Waals surface area contributed by atoms with Gasteiger partial charge in [0.1, 0.15) is 11.5 Å². The predicted molar refractivity (Wildman–Crippen MR) is 82.2 cm³/mol. The molecular formula is C13H22N4O2S. The second-order valence-electron chi connectivity index (χ2n) is 4.29. The maximum atomic E-state index is 12.0. The van der Waals surface area contributed by atoms with Gasteiger partial charge < -0.3 is 15.2 Å². The Morgan fingerprint density at radius 3 is 2.75 bits per heavy atom. The number of carbonyl (C=O) groups is 1. The van der Waals surface area contributed by atoms with Crippen LogP contribution >= 0.6 is 11.8 Å². The lowest BCUT2D eigenvalue weighted by Gasteiger charge is -2.17. The van der Waals surface area contributed by atoms with E-state index in [1.54, 1.807) is 11.8 Å². The highest BCUT2D eigenvalue weighted by atomic mass is 32.2. The lowest BCUT2D eigenvalue weighted by Crippen LogP contribution is -2.35. The first-order valence-corrected chi connectivity index (χ1v) is 8.09. The van der Waals surface area contributed by atoms with Crippen LogP contribution in [0.1, 0.15) is 30.2 Å². The molecule has 1 heterocycles. The molecule has 0 fully saturated rings. The van der Waals surface area contributed by atoms with Crippen molar-refractivity contribution < 1.29 is 4.79 Å². The third kappa shape index (κ3) is 5.34. The van der Waals surface area contributed by atoms with Gasteiger partial charge in [0.15, 0.2) is 0 Å². The Labute approximate surface area is 123 Å². The highest BCUT2D eigenvalue weighted by Crippen LogP contribution is 2.02. The molecule has 0 bridgehead atoms. The van der Waals surface area contributed by atoms with Crippen molar-refractivity contribution in [3.8, 4) is 0 Å². The van der Waals surface area contributed by atoms with Crippen LogP contribution < -0.4 is 10.9 Å². The molecule has 0 aliphatic rings. The fourth-order valence-corrected chi connectivity index (χ4v) is 2.20. The first-order chi connectivity index (χ1) is 9.60. The molecule has 0 aromatic carbocycles. The molecule has 0 atom stereocenters. The summed E-state index contributed by atoms with van der Waals surface area (Å²) in [6.07, 6.45) is 1.91. The van der Waals surface area contributed by atoms with Crippen LogP contribution in [0.4, 0.5) is 0 Å². The zero-order valence-electron chi connectivity index (χ0n) is 12.2. The van der Waals surface area contributed by atoms with Crippen molar-refractivity contribution in [1.82, 2.24) is 20.2 Å². The largest absolute Gasteiger partial charge is 0.349 e. The zero-order chi connectivity index (χ0) is 15.0. The van der Waals surface area contributed by atoms with E-state index in [9.17, 15) is 9.59 Å². The minimum atomic E-state index is -0.300. The van der Waals surface area contributed by atoms with Gasteiger partial charge in [0.2, 0.25) is 0 Å². The van der Waals surface area contributed by atoms with E-state index >= 15 is 0 Å². The zero-order valence-corrected chi connectivity index (χ0v) is 13.0. The fourth-order valence-electron chi connectivity index (χ4n) is 1.79. The number of aromatic amines is 1. The normalized spacial score (nSPS) is 10.8. The number of amides is 1. The summed E-state index contributed by atoms with van der Waals surface area (Å²) in [5.74, 6) is 0.806. The molecule has 0 unspecified atom stereocenters. The lowest BCUT2D eigenvalue weighted by atomic mass is 10.3. The quantitative estimate of drug-likeness (QED) is 0.739. The SMILES string of the molecule is CCN(CC)CCNC(=O)c1cc(=O)[nH]c(CSC)n1. The van der Waals surface area contributed by atoms with E-state index in [2.05, 4.69) is 34.0 Å². The number of nitrogens with one attached hydrogen (secondary N) is 2. The molecule has 1 aromatic rings. The van der Waals surface area contributed by atoms with Gasteiger partial charge in [0.05, 0.1) is 5.75 Å². The minimum Gasteiger partial charge on any atom is -0.349 e. The predicted octanol–water partition coefficient (Wildman–Crippen LogP) is 0.704. The molecule has 0 aliphatic carbocycles. The van der Waals surface area contributed by atoms with Crippen LogP contribution in [0.5, 0.6) is 0 Å². The van der Waals surface area contributed by atoms with Crippen LogP contribution in [-0.2, 0) is 5.75 Å². The first-order valence-electron chi connectivity index (χ1n) is 6.70. The van der Waals surface area contributed by atoms with Gasteiger partial charge in [-0.3, -0.25) is 9.59 Å². The molecule has 0 saturated heterocycles. The van der Waals surface area contributed by atoms with Crippen molar-refractivity contribution in [2.75, 3.05) is 32.4 Å². The summed E-state index contributed by atoms with van der Waals surface area (Å²) in [5, 5.41) is 2.79. The molecule has 1 rings (SSSR count). The van der Waals surface area contributed by atoms with Gasteiger partial charge in [-0.1, -0.05) is 13.8 Å². The summed E-state index contributed by atoms with van der Waals surface area (Å²) >= 11 is 1.54. The first kappa shape index (κ1) is 16.7. The van der Waals surface area contributed by atoms with Crippen LogP contribution in [0, 0.1) is 0 Å². The summed E-state index contributed by atoms with van der Waals surface area (Å²) in [4.78, 5) is 32.4. The topological polar surface area (TPSA) is 78.1 Å². The second-order valence-corrected chi connectivity index (χ2v) is 5.16. The van der Waals surface area contributed by atoms with Gasteiger partial charge in [-0.25, -0.2) is 4.98 Å². The Hall–Kier alpha value is -1.34. The van der Waals surface area contributed by atoms with Gasteiger partial charge in [-0.2, -0.15) is 11.8 Å². The Morgan fingerprint density at radius 2 is 2.15 bits per heavy atom. The number of likely N-dealkylation sites (N-methyl/N-ethyl adjacent to an activating group) is 1. The smallest absolute Gasteiger partial charge is 0.270 e. The van der Waals surface area contributed by atoms with Crippen molar-refractivity contribution in [2.45, 2.75) is 19.6 Å². The number of hydrogen-bond acceptors (Lipinski definition) is 5. The van der Waals surface area contributed by atoms with Crippen molar-refractivity contribution in [2.24, 2.45) is 0 Å². The highest BCUT2D eigenvalue weighted by Gasteiger charge is 2.10. The maximum absolute atomic E-state index is 12.0. The summed E-state index contributed by atoms with van der Waals surface area (Å²) in [7, 11) is 0. The minimum absolute atomic E-state index is 0.178. The molecular weight excluding hydrogens is 276 g/mol. The molecule has 20 heavy (non-hydrogen) atoms. The number of aromatic nitrogens is 2. The molecule has 2 N–H and O–H groups in total. The van der Waals surface area contributed by atoms with Crippen LogP contribution in [0.3, 0.4) is 0 Å². The molecule has 1 aromatic heterocycles. The molecule has 0 aliphatic heterocycles. The summed E-state index contributed by atoms with van der Waals surface area (Å²) in [6, 6.07) is 1.23. The van der Waals surface area contributed by atoms with Crippen LogP contribution in [-0.4, -0.2) is 53.2 Å². The second kappa shape index (κ2) is 8.76. The molecule has 0 saturated carbocycles. The van der Waals surface area contributed by atoms with Crippen molar-refractivity contribution in [3.63, 3.8) is 0 Å². The van der Waals surface area contributed by atoms with E-state index in [1.165, 1.54) is 6.07 Å². The van der Waals surface area contributed by atoms with Crippen molar-refractivity contribution >= 4 is 17.7 Å². The summed E-state index contributed by atoms with van der Waals surface area (Å²) in [5.41, 5.74) is -0.115. The Kier molecular flexibility index (Phi) is 7.32. The van der Waals surface area contributed by atoms with Crippen LogP contribution in [0.2, 0.25) is 0 Å². The average Bonchev–Trinajstić information content (AvgIpc) is 2.43. The average molecular weight is 298 g/mol. The third-order valence-corrected chi connectivity index (χ3v) is 3.47. The number of rotatable bonds is 8. The molecule has 1 amide bonds. The highest BCUT2D eigenvalue weighted by molar-refractivity contribution is 7.97. The third-order valence-electron chi connectivity index (χ3n) is 2.91. The van der Waals surface area contributed by atoms with E-state index in [-0.39, 0.29) is 17.2 Å². The maximum Gasteiger partial charge on any atom is 0.270 e. The van der Waals surface area contributed by atoms with E-state index < -0.39 is 0 Å². The molecule has 7 heteroatoms. The van der Waals surface area contributed by atoms with Gasteiger partial charge in [-0.15, -0.1) is 0 Å². The van der Waals surface area contributed by atoms with Crippen LogP contribution in [0.25, 0.3) is 0 Å². The molecule has 0 spiro atoms. The number of thioether (sulfide) groups is 1. The van der Waals surface area contributed by atoms with E-state index in [1.807, 2.05) is 6.26 Å². The van der Waals surface area contributed by atoms with E-state index in [0.29, 0.717) is 18.1 Å². The lowest BCUT2D eigenvalue weighted by molar-refractivity contribution is 0.0943. The number of nitrogens with zero attached hydrogens (tertiary/aromatic N) is 2. The van der Waals surface area contributed by atoms with Crippen molar-refractivity contribution in [3.05, 3.63) is 27.9 Å². The molecule has 112 valence electrons. The number of hydrogen-bond donors (Lipinski definition) is 2. The van der Waals surface area contributed by atoms with Gasteiger partial charge in [0.25, 0.3) is 11.5 Å². The summed E-state index contributed by atoms with van der Waals surface area (Å²) < 4.78 is 0. The van der Waals surface area contributed by atoms with Crippen molar-refractivity contribution in [1.29, 1.82) is 0 Å². The Bertz CT molecular complexity index is 486. The number of carbonyl (C=O) groups excluding carboxylic acids is 1. The monoisotopic (exact) mass is 298 g/mol. The molecule has 6 nitrogen and oxygen atoms in total. The molecule has 0 radical (unpaired) electrons. The van der Waals surface area contributed by atoms with E-state index in [0.717, 1.165) is 19.6 Å². The van der Waals surface area contributed by atoms with E-state index in [4.69, 9.17) is 0 Å². The number of H-pyrrole nitrogens is 1. The van der Waals surface area contributed by atoms with Gasteiger partial charge >= 0.3 is 0 Å². The standard InChI is InChI=1S/C13H22N4O2S/c1-4-17(5-2)7-6-14-13(19)10-8-12(18)16-11(15-10)9-20-3/h8H,4-7,9H2,1-3H3,(H,14,19)(H,15,16,18). The van der Waals surface area contributed by atoms with Crippen LogP contribution in [0.15, 0.2) is 10.9 Å². The summed E-state index contributed by atoms with van der Waals surface area (Å²) in [6.45, 7) is 7.41. The fraction of sp³-hybridized carbons (Fsp3) is 0.615. The van der Waals surface area contributed by atoms with Gasteiger partial charge in [0, 0.05) is 19.2 Å². The Balaban J connectivity index is 2.61. The van der Waals surface area contributed by atoms with Gasteiger partial charge in [-0.05, 0) is 19.3 Å². The Morgan fingerprint density at radius 1 is 1.45 bits per heavy atom.